The van der Waals surface area contributed by atoms with E-state index >= 15 is 0 Å². The number of carbonyl (C=O) groups excluding carboxylic acids is 11. The van der Waals surface area contributed by atoms with Crippen LogP contribution in [0.1, 0.15) is 132 Å². The van der Waals surface area contributed by atoms with Crippen molar-refractivity contribution in [2.24, 2.45) is 46.4 Å². The number of hydrogen-bond donors (Lipinski definition) is 20. The monoisotopic (exact) mass is 1250 g/mol. The maximum atomic E-state index is 14.4. The molecule has 0 radical (unpaired) electrons. The number of amides is 11. The van der Waals surface area contributed by atoms with E-state index in [1.54, 1.807) is 27.7 Å². The first kappa shape index (κ1) is 79.8. The van der Waals surface area contributed by atoms with E-state index in [0.29, 0.717) is 12.3 Å². The van der Waals surface area contributed by atoms with Gasteiger partial charge in [0.2, 0.25) is 65.0 Å². The van der Waals surface area contributed by atoms with Gasteiger partial charge in [-0.1, -0.05) is 54.4 Å². The molecular weight excluding hydrogens is 1150 g/mol. The third kappa shape index (κ3) is 32.5. The van der Waals surface area contributed by atoms with Crippen LogP contribution in [-0.2, 0) is 63.1 Å². The van der Waals surface area contributed by atoms with Crippen LogP contribution in [0, 0.1) is 17.8 Å². The molecule has 1 heterocycles. The Hall–Kier alpha value is -6.24. The van der Waals surface area contributed by atoms with Crippen LogP contribution in [0.4, 0.5) is 0 Å². The van der Waals surface area contributed by atoms with Crippen molar-refractivity contribution in [1.29, 1.82) is 0 Å². The summed E-state index contributed by atoms with van der Waals surface area (Å²) in [6.45, 7) is 12.5. The molecule has 34 heteroatoms. The quantitative estimate of drug-likeness (QED) is 0.0324. The van der Waals surface area contributed by atoms with Crippen LogP contribution in [0.3, 0.4) is 0 Å². The smallest absolute Gasteiger partial charge is 0.391 e. The number of nitrogens with two attached hydrogens (primary N) is 5. The average molecular weight is 1250 g/mol. The van der Waals surface area contributed by atoms with E-state index in [9.17, 15) is 63.0 Å². The number of hydrogen-bond acceptors (Lipinski definition) is 20. The third-order valence-electron chi connectivity index (χ3n) is 13.4. The van der Waals surface area contributed by atoms with E-state index in [0.717, 1.165) is 12.8 Å². The SMILES string of the molecule is CCC(C)CCCC(=O)N[C@@H](CCN)C(=O)N[C@H](C(=O)N[C@@H](CCN)C(=O)NC1CCNC(=O)C([C@@H](C)O)NC(=O)[C@H](CCN)NC(=O)C(CCN)NC(=O)C(CC(C)C)NC(=O)C(CC(C)C)NC(=O)C(CCN)NC1=O)[C@@H](C)O.O=S(=O)(O)O. The molecule has 0 spiro atoms. The Morgan fingerprint density at radius 3 is 1.35 bits per heavy atom. The minimum atomic E-state index is -4.67. The molecule has 0 aliphatic carbocycles. The molecule has 1 fully saturated rings. The van der Waals surface area contributed by atoms with Gasteiger partial charge < -0.3 is 97.4 Å². The van der Waals surface area contributed by atoms with Crippen LogP contribution in [-0.4, -0.2) is 205 Å². The summed E-state index contributed by atoms with van der Waals surface area (Å²) in [5, 5.41) is 49.5. The van der Waals surface area contributed by atoms with Gasteiger partial charge in [-0.25, -0.2) is 0 Å². The van der Waals surface area contributed by atoms with E-state index < -0.39 is 161 Å². The van der Waals surface area contributed by atoms with E-state index in [1.807, 2.05) is 6.92 Å². The maximum absolute atomic E-state index is 14.4. The number of nitrogens with one attached hydrogen (secondary N) is 11. The summed E-state index contributed by atoms with van der Waals surface area (Å²) in [6.07, 6.45) is -1.79. The molecule has 1 rings (SSSR count). The highest BCUT2D eigenvalue weighted by atomic mass is 32.3. The highest BCUT2D eigenvalue weighted by Crippen LogP contribution is 2.13. The molecule has 0 bridgehead atoms. The molecule has 0 aromatic rings. The molecule has 86 heavy (non-hydrogen) atoms. The Kier molecular flexibility index (Phi) is 38.8. The second-order valence-corrected chi connectivity index (χ2v) is 23.0. The molecule has 1 saturated heterocycles. The van der Waals surface area contributed by atoms with Crippen molar-refractivity contribution in [2.45, 2.75) is 205 Å². The van der Waals surface area contributed by atoms with Gasteiger partial charge in [0.05, 0.1) is 12.2 Å². The Bertz CT molecular complexity index is 2290. The van der Waals surface area contributed by atoms with Crippen LogP contribution in [0.2, 0.25) is 0 Å². The van der Waals surface area contributed by atoms with Gasteiger partial charge in [0, 0.05) is 13.0 Å². The molecule has 7 unspecified atom stereocenters. The van der Waals surface area contributed by atoms with Gasteiger partial charge >= 0.3 is 10.4 Å². The number of aliphatic hydroxyl groups excluding tert-OH is 2. The zero-order chi connectivity index (χ0) is 66.0. The molecule has 0 saturated carbocycles. The van der Waals surface area contributed by atoms with Crippen molar-refractivity contribution < 1.29 is 80.5 Å². The summed E-state index contributed by atoms with van der Waals surface area (Å²) >= 11 is 0. The summed E-state index contributed by atoms with van der Waals surface area (Å²) in [5.41, 5.74) is 29.2. The highest BCUT2D eigenvalue weighted by molar-refractivity contribution is 7.79. The van der Waals surface area contributed by atoms with Crippen molar-refractivity contribution >= 4 is 75.4 Å². The fourth-order valence-corrected chi connectivity index (χ4v) is 8.60. The summed E-state index contributed by atoms with van der Waals surface area (Å²) in [7, 11) is -4.67. The van der Waals surface area contributed by atoms with Crippen LogP contribution in [0.15, 0.2) is 0 Å². The van der Waals surface area contributed by atoms with E-state index in [4.69, 9.17) is 46.2 Å². The summed E-state index contributed by atoms with van der Waals surface area (Å²) < 4.78 is 31.6. The largest absolute Gasteiger partial charge is 0.394 e. The van der Waals surface area contributed by atoms with E-state index in [2.05, 4.69) is 65.4 Å². The molecule has 1 aliphatic heterocycles. The van der Waals surface area contributed by atoms with Crippen molar-refractivity contribution in [3.63, 3.8) is 0 Å². The van der Waals surface area contributed by atoms with Gasteiger partial charge in [-0.15, -0.1) is 0 Å². The third-order valence-corrected chi connectivity index (χ3v) is 13.4. The van der Waals surface area contributed by atoms with Gasteiger partial charge in [0.1, 0.15) is 60.4 Å². The summed E-state index contributed by atoms with van der Waals surface area (Å²) in [4.78, 5) is 153. The van der Waals surface area contributed by atoms with Gasteiger partial charge in [-0.05, 0) is 122 Å². The Balaban J connectivity index is 0.0000138. The minimum Gasteiger partial charge on any atom is -0.391 e. The van der Waals surface area contributed by atoms with Crippen LogP contribution in [0.25, 0.3) is 0 Å². The lowest BCUT2D eigenvalue weighted by Crippen LogP contribution is -2.62. The number of rotatable bonds is 28. The molecule has 496 valence electrons. The summed E-state index contributed by atoms with van der Waals surface area (Å²) in [5.74, 6) is -9.60. The fraction of sp³-hybridized carbons (Fsp3) is 0.788. The van der Waals surface area contributed by atoms with Crippen molar-refractivity contribution in [3.05, 3.63) is 0 Å². The molecule has 13 atom stereocenters. The minimum absolute atomic E-state index is 0.0146. The number of aliphatic hydroxyl groups is 2. The van der Waals surface area contributed by atoms with Crippen LogP contribution < -0.4 is 87.2 Å². The van der Waals surface area contributed by atoms with Crippen molar-refractivity contribution in [3.8, 4) is 0 Å². The van der Waals surface area contributed by atoms with Crippen molar-refractivity contribution in [1.82, 2.24) is 58.5 Å². The predicted octanol–water partition coefficient (Wildman–Crippen LogP) is -6.48. The molecule has 0 aromatic heterocycles. The van der Waals surface area contributed by atoms with Gasteiger partial charge in [0.15, 0.2) is 0 Å². The number of carbonyl (C=O) groups is 11. The van der Waals surface area contributed by atoms with Gasteiger partial charge in [-0.2, -0.15) is 8.42 Å². The second kappa shape index (κ2) is 41.8. The average Bonchev–Trinajstić information content (AvgIpc) is 3.51. The predicted molar refractivity (Wildman–Crippen MR) is 315 cm³/mol. The molecule has 0 aromatic carbocycles. The first-order valence-corrected chi connectivity index (χ1v) is 30.4. The molecule has 25 N–H and O–H groups in total. The first-order valence-electron chi connectivity index (χ1n) is 29.0. The second-order valence-electron chi connectivity index (χ2n) is 22.1. The zero-order valence-corrected chi connectivity index (χ0v) is 51.6. The van der Waals surface area contributed by atoms with E-state index in [1.165, 1.54) is 13.8 Å². The van der Waals surface area contributed by atoms with E-state index in [-0.39, 0.29) is 95.9 Å². The molecule has 33 nitrogen and oxygen atoms in total. The lowest BCUT2D eigenvalue weighted by molar-refractivity contribution is -0.137. The van der Waals surface area contributed by atoms with Crippen LogP contribution >= 0.6 is 0 Å². The fourth-order valence-electron chi connectivity index (χ4n) is 8.60. The zero-order valence-electron chi connectivity index (χ0n) is 50.8. The normalized spacial score (nSPS) is 22.9. The molecule has 1 aliphatic rings. The van der Waals surface area contributed by atoms with Crippen LogP contribution in [0.5, 0.6) is 0 Å². The summed E-state index contributed by atoms with van der Waals surface area (Å²) in [6, 6.07) is -14.5. The lowest BCUT2D eigenvalue weighted by Gasteiger charge is -2.29. The van der Waals surface area contributed by atoms with Crippen molar-refractivity contribution in [2.75, 3.05) is 39.3 Å². The van der Waals surface area contributed by atoms with Gasteiger partial charge in [0.25, 0.3) is 0 Å². The maximum Gasteiger partial charge on any atom is 0.394 e. The highest BCUT2D eigenvalue weighted by Gasteiger charge is 2.37. The Morgan fingerprint density at radius 2 is 0.953 bits per heavy atom. The Labute approximate surface area is 503 Å². The van der Waals surface area contributed by atoms with Gasteiger partial charge in [-0.3, -0.25) is 61.8 Å². The molecule has 11 amide bonds. The standard InChI is InChI=1S/C52H98N16O13.H2O4S/c1-9-29(6)11-10-12-40(71)59-32(13-19-53)47(76)68-42(31(8)70)52(81)64-35(16-22-56)44(73)63-37-18-24-58-51(80)41(30(7)69)67-48(77)36(17-23-57)61-43(72)33(14-20-54)62-49(78)38(25-27(2)3)66-50(79)39(26-28(4)5)65-45(74)34(15-21-55)60-46(37)75;1-5(2,3)4/h27-39,41-42,69-70H,9-26,53-57H2,1-8H3,(H,58,80)(H,59,71)(H,60,75)(H,61,72)(H,62,78)(H,63,73)(H,64,81)(H,65,74)(H,66,79)(H,67,77)(H,68,76);(H2,1,2,3,4)/t29?,30-,31-,32+,33?,34?,35+,36+,37?,38?,39?,41?,42+;/m1./s1. The Morgan fingerprint density at radius 1 is 0.547 bits per heavy atom. The molecular formula is C52H100N16O17S. The first-order chi connectivity index (χ1) is 40.2. The topological polar surface area (TPSA) is 565 Å². The lowest BCUT2D eigenvalue weighted by atomic mass is 9.99.